The summed E-state index contributed by atoms with van der Waals surface area (Å²) in [7, 11) is 1.58. The summed E-state index contributed by atoms with van der Waals surface area (Å²) in [5.74, 6) is -0.0131. The van der Waals surface area contributed by atoms with Gasteiger partial charge in [-0.05, 0) is 42.8 Å². The van der Waals surface area contributed by atoms with E-state index >= 15 is 0 Å². The van der Waals surface area contributed by atoms with E-state index in [0.717, 1.165) is 17.4 Å². The van der Waals surface area contributed by atoms with Crippen LogP contribution >= 0.6 is 0 Å². The van der Waals surface area contributed by atoms with Crippen molar-refractivity contribution >= 4 is 11.6 Å². The number of ether oxygens (including phenoxy) is 1. The molecule has 5 heteroatoms. The molecule has 20 heavy (non-hydrogen) atoms. The van der Waals surface area contributed by atoms with Crippen molar-refractivity contribution in [3.05, 3.63) is 47.5 Å². The first kappa shape index (κ1) is 13.7. The van der Waals surface area contributed by atoms with Crippen molar-refractivity contribution in [1.29, 1.82) is 0 Å². The third-order valence-electron chi connectivity index (χ3n) is 2.82. The van der Waals surface area contributed by atoms with Gasteiger partial charge in [0.1, 0.15) is 17.2 Å². The van der Waals surface area contributed by atoms with Crippen molar-refractivity contribution in [3.63, 3.8) is 0 Å². The maximum Gasteiger partial charge on any atom is 0.255 e. The molecule has 0 aliphatic rings. The Bertz CT molecular complexity index is 632. The highest BCUT2D eigenvalue weighted by Gasteiger charge is 2.09. The first-order chi connectivity index (χ1) is 9.49. The van der Waals surface area contributed by atoms with Gasteiger partial charge < -0.3 is 20.3 Å². The van der Waals surface area contributed by atoms with Crippen molar-refractivity contribution in [1.82, 2.24) is 0 Å². The maximum atomic E-state index is 12.0. The second-order valence-corrected chi connectivity index (χ2v) is 4.38. The number of rotatable bonds is 3. The van der Waals surface area contributed by atoms with E-state index in [-0.39, 0.29) is 17.1 Å². The first-order valence-electron chi connectivity index (χ1n) is 5.98. The van der Waals surface area contributed by atoms with Gasteiger partial charge in [-0.2, -0.15) is 0 Å². The van der Waals surface area contributed by atoms with E-state index in [0.29, 0.717) is 5.69 Å². The fourth-order valence-electron chi connectivity index (χ4n) is 1.89. The van der Waals surface area contributed by atoms with E-state index in [2.05, 4.69) is 5.32 Å². The van der Waals surface area contributed by atoms with Crippen LogP contribution in [0.15, 0.2) is 36.4 Å². The number of anilines is 1. The molecule has 0 saturated carbocycles. The highest BCUT2D eigenvalue weighted by molar-refractivity contribution is 6.04. The van der Waals surface area contributed by atoms with Gasteiger partial charge >= 0.3 is 0 Å². The average molecular weight is 273 g/mol. The number of hydrogen-bond donors (Lipinski definition) is 3. The zero-order chi connectivity index (χ0) is 14.7. The lowest BCUT2D eigenvalue weighted by molar-refractivity contribution is 0.102. The zero-order valence-corrected chi connectivity index (χ0v) is 11.2. The summed E-state index contributed by atoms with van der Waals surface area (Å²) in [6.07, 6.45) is 0. The molecule has 0 aliphatic heterocycles. The molecule has 0 fully saturated rings. The van der Waals surface area contributed by atoms with Crippen LogP contribution in [0.4, 0.5) is 5.69 Å². The van der Waals surface area contributed by atoms with Gasteiger partial charge in [0.15, 0.2) is 0 Å². The Morgan fingerprint density at radius 2 is 1.75 bits per heavy atom. The normalized spacial score (nSPS) is 10.1. The number of hydrogen-bond acceptors (Lipinski definition) is 4. The minimum atomic E-state index is -0.416. The summed E-state index contributed by atoms with van der Waals surface area (Å²) < 4.78 is 5.14. The summed E-state index contributed by atoms with van der Waals surface area (Å²) in [4.78, 5) is 12.0. The molecule has 2 rings (SSSR count). The van der Waals surface area contributed by atoms with Crippen LogP contribution in [0.2, 0.25) is 0 Å². The van der Waals surface area contributed by atoms with Crippen LogP contribution in [0.25, 0.3) is 0 Å². The van der Waals surface area contributed by atoms with E-state index in [1.807, 2.05) is 6.92 Å². The number of phenolic OH excluding ortho intramolecular Hbond substituents is 2. The number of nitrogens with one attached hydrogen (secondary N) is 1. The Labute approximate surface area is 116 Å². The maximum absolute atomic E-state index is 12.0. The van der Waals surface area contributed by atoms with Crippen molar-refractivity contribution in [2.24, 2.45) is 0 Å². The number of carbonyl (C=O) groups excluding carboxylic acids is 1. The SMILES string of the molecule is COc1ccc(NC(=O)c2cc(O)cc(O)c2)cc1C. The summed E-state index contributed by atoms with van der Waals surface area (Å²) in [5.41, 5.74) is 1.68. The third kappa shape index (κ3) is 3.00. The second kappa shape index (κ2) is 5.52. The number of amides is 1. The molecule has 5 nitrogen and oxygen atoms in total. The molecule has 0 spiro atoms. The van der Waals surface area contributed by atoms with Gasteiger partial charge in [0.2, 0.25) is 0 Å². The van der Waals surface area contributed by atoms with E-state index in [4.69, 9.17) is 4.74 Å². The van der Waals surface area contributed by atoms with Gasteiger partial charge in [-0.3, -0.25) is 4.79 Å². The molecule has 1 amide bonds. The Morgan fingerprint density at radius 1 is 1.10 bits per heavy atom. The lowest BCUT2D eigenvalue weighted by Gasteiger charge is -2.09. The number of phenols is 2. The Morgan fingerprint density at radius 3 is 2.30 bits per heavy atom. The number of benzene rings is 2. The van der Waals surface area contributed by atoms with Crippen LogP contribution in [0.1, 0.15) is 15.9 Å². The standard InChI is InChI=1S/C15H15NO4/c1-9-5-11(3-4-14(9)20-2)16-15(19)10-6-12(17)8-13(18)7-10/h3-8,17-18H,1-2H3,(H,16,19). The van der Waals surface area contributed by atoms with E-state index in [9.17, 15) is 15.0 Å². The van der Waals surface area contributed by atoms with Crippen molar-refractivity contribution < 1.29 is 19.7 Å². The predicted octanol–water partition coefficient (Wildman–Crippen LogP) is 2.67. The monoisotopic (exact) mass is 273 g/mol. The van der Waals surface area contributed by atoms with Crippen molar-refractivity contribution in [3.8, 4) is 17.2 Å². The highest BCUT2D eigenvalue weighted by Crippen LogP contribution is 2.24. The number of aromatic hydroxyl groups is 2. The molecule has 0 aliphatic carbocycles. The molecule has 3 N–H and O–H groups in total. The van der Waals surface area contributed by atoms with Crippen LogP contribution in [-0.4, -0.2) is 23.2 Å². The van der Waals surface area contributed by atoms with E-state index < -0.39 is 5.91 Å². The number of methoxy groups -OCH3 is 1. The molecule has 2 aromatic carbocycles. The van der Waals surface area contributed by atoms with Crippen LogP contribution < -0.4 is 10.1 Å². The average Bonchev–Trinajstić information content (AvgIpc) is 2.37. The van der Waals surface area contributed by atoms with Gasteiger partial charge in [0, 0.05) is 17.3 Å². The molecule has 0 atom stereocenters. The van der Waals surface area contributed by atoms with Crippen LogP contribution in [0.3, 0.4) is 0 Å². The summed E-state index contributed by atoms with van der Waals surface area (Å²) in [5, 5.41) is 21.4. The van der Waals surface area contributed by atoms with E-state index in [1.54, 1.807) is 25.3 Å². The fourth-order valence-corrected chi connectivity index (χ4v) is 1.89. The fraction of sp³-hybridized carbons (Fsp3) is 0.133. The Balaban J connectivity index is 2.21. The van der Waals surface area contributed by atoms with Crippen LogP contribution in [-0.2, 0) is 0 Å². The van der Waals surface area contributed by atoms with Crippen molar-refractivity contribution in [2.45, 2.75) is 6.92 Å². The molecule has 2 aromatic rings. The highest BCUT2D eigenvalue weighted by atomic mass is 16.5. The number of carbonyl (C=O) groups is 1. The summed E-state index contributed by atoms with van der Waals surface area (Å²) >= 11 is 0. The molecule has 0 unspecified atom stereocenters. The lowest BCUT2D eigenvalue weighted by atomic mass is 10.1. The summed E-state index contributed by atoms with van der Waals surface area (Å²) in [6, 6.07) is 8.97. The van der Waals surface area contributed by atoms with Gasteiger partial charge in [-0.15, -0.1) is 0 Å². The van der Waals surface area contributed by atoms with Gasteiger partial charge in [0.25, 0.3) is 5.91 Å². The third-order valence-corrected chi connectivity index (χ3v) is 2.82. The molecule has 0 bridgehead atoms. The molecular weight excluding hydrogens is 258 g/mol. The van der Waals surface area contributed by atoms with E-state index in [1.165, 1.54) is 12.1 Å². The smallest absolute Gasteiger partial charge is 0.255 e. The number of aryl methyl sites for hydroxylation is 1. The first-order valence-corrected chi connectivity index (χ1v) is 5.98. The Hall–Kier alpha value is -2.69. The van der Waals surface area contributed by atoms with Crippen LogP contribution in [0.5, 0.6) is 17.2 Å². The molecule has 0 saturated heterocycles. The largest absolute Gasteiger partial charge is 0.508 e. The van der Waals surface area contributed by atoms with Crippen LogP contribution in [0, 0.1) is 6.92 Å². The van der Waals surface area contributed by atoms with Gasteiger partial charge in [-0.1, -0.05) is 0 Å². The lowest BCUT2D eigenvalue weighted by Crippen LogP contribution is -2.11. The second-order valence-electron chi connectivity index (χ2n) is 4.38. The molecule has 0 heterocycles. The molecule has 0 aromatic heterocycles. The zero-order valence-electron chi connectivity index (χ0n) is 11.2. The minimum Gasteiger partial charge on any atom is -0.508 e. The molecular formula is C15H15NO4. The predicted molar refractivity (Wildman–Crippen MR) is 75.5 cm³/mol. The molecule has 104 valence electrons. The Kier molecular flexibility index (Phi) is 3.79. The van der Waals surface area contributed by atoms with Gasteiger partial charge in [-0.25, -0.2) is 0 Å². The topological polar surface area (TPSA) is 78.8 Å². The minimum absolute atomic E-state index is 0.166. The summed E-state index contributed by atoms with van der Waals surface area (Å²) in [6.45, 7) is 1.87. The molecule has 0 radical (unpaired) electrons. The van der Waals surface area contributed by atoms with Gasteiger partial charge in [0.05, 0.1) is 7.11 Å². The quantitative estimate of drug-likeness (QED) is 0.803. The van der Waals surface area contributed by atoms with Crippen molar-refractivity contribution in [2.75, 3.05) is 12.4 Å².